The molecule has 0 bridgehead atoms. The van der Waals surface area contributed by atoms with Gasteiger partial charge < -0.3 is 24.3 Å². The predicted octanol–water partition coefficient (Wildman–Crippen LogP) is 2.89. The molecular weight excluding hydrogens is 310 g/mol. The van der Waals surface area contributed by atoms with Crippen LogP contribution in [0.4, 0.5) is 0 Å². The normalized spacial score (nSPS) is 12.4. The monoisotopic (exact) mass is 347 g/mol. The van der Waals surface area contributed by atoms with E-state index < -0.39 is 0 Å². The van der Waals surface area contributed by atoms with Gasteiger partial charge in [-0.05, 0) is 53.4 Å². The second-order valence-corrected chi connectivity index (χ2v) is 7.22. The Labute approximate surface area is 147 Å². The first-order chi connectivity index (χ1) is 11.2. The molecule has 0 aromatic carbocycles. The summed E-state index contributed by atoms with van der Waals surface area (Å²) in [5, 5.41) is 2.95. The third-order valence-electron chi connectivity index (χ3n) is 3.82. The maximum atomic E-state index is 11.7. The second kappa shape index (κ2) is 12.6. The van der Waals surface area contributed by atoms with Gasteiger partial charge in [0.05, 0.1) is 17.8 Å². The topological polar surface area (TPSA) is 66.0 Å². The van der Waals surface area contributed by atoms with Crippen LogP contribution in [0.3, 0.4) is 0 Å². The molecular formula is C18H37NO5. The lowest BCUT2D eigenvalue weighted by Crippen LogP contribution is -2.35. The zero-order valence-corrected chi connectivity index (χ0v) is 16.4. The summed E-state index contributed by atoms with van der Waals surface area (Å²) in [5.74, 6) is 0.0935. The Kier molecular flexibility index (Phi) is 12.3. The lowest BCUT2D eigenvalue weighted by Gasteiger charge is -2.29. The summed E-state index contributed by atoms with van der Waals surface area (Å²) < 4.78 is 21.4. The summed E-state index contributed by atoms with van der Waals surface area (Å²) in [5.41, 5.74) is -0.552. The summed E-state index contributed by atoms with van der Waals surface area (Å²) in [6, 6.07) is 0. The van der Waals surface area contributed by atoms with E-state index in [1.165, 1.54) is 0 Å². The van der Waals surface area contributed by atoms with Crippen LogP contribution in [0, 0.1) is 0 Å². The molecule has 0 spiro atoms. The highest BCUT2D eigenvalue weighted by Gasteiger charge is 2.22. The highest BCUT2D eigenvalue weighted by molar-refractivity contribution is 5.75. The van der Waals surface area contributed by atoms with Crippen molar-refractivity contribution in [3.63, 3.8) is 0 Å². The molecule has 0 aromatic heterocycles. The van der Waals surface area contributed by atoms with Crippen LogP contribution in [0.2, 0.25) is 0 Å². The second-order valence-electron chi connectivity index (χ2n) is 7.22. The molecule has 1 N–H and O–H groups in total. The zero-order chi connectivity index (χ0) is 18.5. The van der Waals surface area contributed by atoms with Crippen LogP contribution >= 0.6 is 0 Å². The molecule has 0 unspecified atom stereocenters. The molecule has 0 saturated heterocycles. The first-order valence-electron chi connectivity index (χ1n) is 8.75. The summed E-state index contributed by atoms with van der Waals surface area (Å²) in [7, 11) is 3.29. The number of carbonyl (C=O) groups excluding carboxylic acids is 1. The van der Waals surface area contributed by atoms with Crippen LogP contribution < -0.4 is 5.32 Å². The standard InChI is InChI=1S/C18H37NO5/c1-17(2,23-14-11-18(3,4)24-15-22-6)10-12-19-16(20)9-7-8-13-21-5/h7-15H2,1-6H3,(H,19,20). The fourth-order valence-corrected chi connectivity index (χ4v) is 2.06. The molecule has 0 fully saturated rings. The van der Waals surface area contributed by atoms with E-state index in [-0.39, 0.29) is 23.9 Å². The molecule has 0 aliphatic rings. The predicted molar refractivity (Wildman–Crippen MR) is 95.0 cm³/mol. The van der Waals surface area contributed by atoms with Gasteiger partial charge in [0.2, 0.25) is 5.91 Å². The Hall–Kier alpha value is -0.690. The summed E-state index contributed by atoms with van der Waals surface area (Å²) >= 11 is 0. The molecule has 1 amide bonds. The molecule has 24 heavy (non-hydrogen) atoms. The summed E-state index contributed by atoms with van der Waals surface area (Å²) in [4.78, 5) is 11.7. The van der Waals surface area contributed by atoms with Gasteiger partial charge in [-0.15, -0.1) is 0 Å². The molecule has 6 nitrogen and oxygen atoms in total. The Bertz CT molecular complexity index is 331. The van der Waals surface area contributed by atoms with Gasteiger partial charge in [-0.25, -0.2) is 0 Å². The van der Waals surface area contributed by atoms with Crippen molar-refractivity contribution in [2.75, 3.05) is 40.8 Å². The van der Waals surface area contributed by atoms with E-state index in [0.29, 0.717) is 26.2 Å². The van der Waals surface area contributed by atoms with Crippen LogP contribution in [-0.2, 0) is 23.7 Å². The zero-order valence-electron chi connectivity index (χ0n) is 16.4. The molecule has 0 heterocycles. The third kappa shape index (κ3) is 13.7. The highest BCUT2D eigenvalue weighted by atomic mass is 16.7. The van der Waals surface area contributed by atoms with Gasteiger partial charge in [0.25, 0.3) is 0 Å². The molecule has 0 aromatic rings. The maximum absolute atomic E-state index is 11.7. The van der Waals surface area contributed by atoms with Crippen molar-refractivity contribution in [1.29, 1.82) is 0 Å². The van der Waals surface area contributed by atoms with Gasteiger partial charge >= 0.3 is 0 Å². The van der Waals surface area contributed by atoms with E-state index in [2.05, 4.69) is 5.32 Å². The average Bonchev–Trinajstić information content (AvgIpc) is 2.49. The number of nitrogens with one attached hydrogen (secondary N) is 1. The van der Waals surface area contributed by atoms with Crippen molar-refractivity contribution >= 4 is 5.91 Å². The quantitative estimate of drug-likeness (QED) is 0.364. The van der Waals surface area contributed by atoms with E-state index in [9.17, 15) is 4.79 Å². The Balaban J connectivity index is 3.83. The number of carbonyl (C=O) groups is 1. The minimum absolute atomic E-state index is 0.0935. The van der Waals surface area contributed by atoms with Crippen LogP contribution in [-0.4, -0.2) is 57.9 Å². The third-order valence-corrected chi connectivity index (χ3v) is 3.82. The van der Waals surface area contributed by atoms with Crippen molar-refractivity contribution in [2.24, 2.45) is 0 Å². The van der Waals surface area contributed by atoms with E-state index in [4.69, 9.17) is 18.9 Å². The first-order valence-corrected chi connectivity index (χ1v) is 8.75. The molecule has 0 aliphatic carbocycles. The smallest absolute Gasteiger partial charge is 0.219 e. The number of hydrogen-bond donors (Lipinski definition) is 1. The number of ether oxygens (including phenoxy) is 4. The van der Waals surface area contributed by atoms with Gasteiger partial charge in [-0.2, -0.15) is 0 Å². The van der Waals surface area contributed by atoms with Crippen molar-refractivity contribution in [1.82, 2.24) is 5.32 Å². The SMILES string of the molecule is COCCCCC(=O)NCCC(C)(C)OCCC(C)(C)OCOC. The molecule has 0 rings (SSSR count). The fraction of sp³-hybridized carbons (Fsp3) is 0.944. The lowest BCUT2D eigenvalue weighted by atomic mass is 10.0. The van der Waals surface area contributed by atoms with Gasteiger partial charge in [0.1, 0.15) is 6.79 Å². The number of rotatable bonds is 15. The van der Waals surface area contributed by atoms with E-state index in [1.807, 2.05) is 27.7 Å². The van der Waals surface area contributed by atoms with Crippen molar-refractivity contribution < 1.29 is 23.7 Å². The largest absolute Gasteiger partial charge is 0.385 e. The molecule has 0 atom stereocenters. The van der Waals surface area contributed by atoms with Gasteiger partial charge in [-0.1, -0.05) is 0 Å². The molecule has 0 aliphatic heterocycles. The molecule has 6 heteroatoms. The highest BCUT2D eigenvalue weighted by Crippen LogP contribution is 2.19. The minimum atomic E-state index is -0.277. The van der Waals surface area contributed by atoms with Crippen LogP contribution in [0.5, 0.6) is 0 Å². The van der Waals surface area contributed by atoms with Crippen molar-refractivity contribution in [2.45, 2.75) is 71.0 Å². The summed E-state index contributed by atoms with van der Waals surface area (Å²) in [6.45, 7) is 10.3. The molecule has 0 radical (unpaired) electrons. The van der Waals surface area contributed by atoms with E-state index >= 15 is 0 Å². The average molecular weight is 347 g/mol. The van der Waals surface area contributed by atoms with Crippen molar-refractivity contribution in [3.8, 4) is 0 Å². The fourth-order valence-electron chi connectivity index (χ4n) is 2.06. The van der Waals surface area contributed by atoms with Gasteiger partial charge in [0, 0.05) is 33.8 Å². The van der Waals surface area contributed by atoms with Gasteiger partial charge in [0.15, 0.2) is 0 Å². The van der Waals surface area contributed by atoms with Gasteiger partial charge in [-0.3, -0.25) is 4.79 Å². The van der Waals surface area contributed by atoms with Crippen LogP contribution in [0.25, 0.3) is 0 Å². The first kappa shape index (κ1) is 23.3. The molecule has 144 valence electrons. The lowest BCUT2D eigenvalue weighted by molar-refractivity contribution is -0.131. The Morgan fingerprint density at radius 1 is 0.875 bits per heavy atom. The maximum Gasteiger partial charge on any atom is 0.219 e. The minimum Gasteiger partial charge on any atom is -0.385 e. The molecule has 0 saturated carbocycles. The number of amides is 1. The van der Waals surface area contributed by atoms with E-state index in [0.717, 1.165) is 25.7 Å². The number of methoxy groups -OCH3 is 2. The van der Waals surface area contributed by atoms with Crippen LogP contribution in [0.15, 0.2) is 0 Å². The van der Waals surface area contributed by atoms with Crippen LogP contribution in [0.1, 0.15) is 59.8 Å². The Morgan fingerprint density at radius 3 is 2.17 bits per heavy atom. The van der Waals surface area contributed by atoms with Crippen molar-refractivity contribution in [3.05, 3.63) is 0 Å². The van der Waals surface area contributed by atoms with E-state index in [1.54, 1.807) is 14.2 Å². The summed E-state index contributed by atoms with van der Waals surface area (Å²) in [6.07, 6.45) is 3.88. The number of hydrogen-bond acceptors (Lipinski definition) is 5. The Morgan fingerprint density at radius 2 is 1.54 bits per heavy atom. The number of unbranched alkanes of at least 4 members (excludes halogenated alkanes) is 1.